The van der Waals surface area contributed by atoms with E-state index in [1.54, 1.807) is 6.07 Å². The van der Waals surface area contributed by atoms with Gasteiger partial charge in [-0.1, -0.05) is 12.1 Å². The lowest BCUT2D eigenvalue weighted by atomic mass is 10.1. The van der Waals surface area contributed by atoms with Crippen molar-refractivity contribution in [2.45, 2.75) is 6.92 Å². The summed E-state index contributed by atoms with van der Waals surface area (Å²) in [6.07, 6.45) is 1.53. The Morgan fingerprint density at radius 3 is 2.81 bits per heavy atom. The standard InChI is InChI=1S/C15H20N4O2/c1-10-5-4-6-11-13(10)17-9-12(14(11)20)18-15(21)16-7-8-19(2)3/h4-6,9H,7-8H2,1-3H3,(H,17,20)(H2,16,18,21). The summed E-state index contributed by atoms with van der Waals surface area (Å²) in [7, 11) is 3.85. The Morgan fingerprint density at radius 2 is 2.10 bits per heavy atom. The van der Waals surface area contributed by atoms with Gasteiger partial charge in [0, 0.05) is 24.7 Å². The van der Waals surface area contributed by atoms with E-state index in [-0.39, 0.29) is 17.1 Å². The van der Waals surface area contributed by atoms with Gasteiger partial charge in [0.15, 0.2) is 0 Å². The number of rotatable bonds is 4. The third kappa shape index (κ3) is 3.61. The molecule has 6 nitrogen and oxygen atoms in total. The first-order chi connectivity index (χ1) is 9.99. The average Bonchev–Trinajstić information content (AvgIpc) is 2.42. The monoisotopic (exact) mass is 288 g/mol. The number of hydrogen-bond acceptors (Lipinski definition) is 3. The van der Waals surface area contributed by atoms with Gasteiger partial charge in [-0.15, -0.1) is 0 Å². The molecule has 6 heteroatoms. The molecule has 3 N–H and O–H groups in total. The van der Waals surface area contributed by atoms with Gasteiger partial charge in [0.1, 0.15) is 5.69 Å². The number of anilines is 1. The van der Waals surface area contributed by atoms with Gasteiger partial charge < -0.3 is 20.5 Å². The zero-order valence-corrected chi connectivity index (χ0v) is 12.5. The van der Waals surface area contributed by atoms with E-state index in [1.807, 2.05) is 38.1 Å². The lowest BCUT2D eigenvalue weighted by molar-refractivity contribution is 0.250. The molecule has 1 aromatic heterocycles. The second kappa shape index (κ2) is 6.41. The number of fused-ring (bicyclic) bond motifs is 1. The van der Waals surface area contributed by atoms with E-state index in [0.717, 1.165) is 17.6 Å². The number of aromatic nitrogens is 1. The number of hydrogen-bond donors (Lipinski definition) is 3. The van der Waals surface area contributed by atoms with Crippen molar-refractivity contribution >= 4 is 22.6 Å². The molecule has 0 saturated carbocycles. The predicted octanol–water partition coefficient (Wildman–Crippen LogP) is 1.52. The molecule has 0 fully saturated rings. The number of pyridine rings is 1. The third-order valence-corrected chi connectivity index (χ3v) is 3.22. The van der Waals surface area contributed by atoms with Crippen LogP contribution < -0.4 is 16.1 Å². The number of nitrogens with zero attached hydrogens (tertiary/aromatic N) is 1. The number of nitrogens with one attached hydrogen (secondary N) is 3. The van der Waals surface area contributed by atoms with Crippen molar-refractivity contribution in [3.63, 3.8) is 0 Å². The highest BCUT2D eigenvalue weighted by molar-refractivity contribution is 5.92. The summed E-state index contributed by atoms with van der Waals surface area (Å²) in [5, 5.41) is 5.86. The van der Waals surface area contributed by atoms with Gasteiger partial charge in [0.05, 0.1) is 5.52 Å². The van der Waals surface area contributed by atoms with Gasteiger partial charge in [-0.2, -0.15) is 0 Å². The second-order valence-corrected chi connectivity index (χ2v) is 5.21. The fourth-order valence-corrected chi connectivity index (χ4v) is 2.06. The molecule has 0 spiro atoms. The first kappa shape index (κ1) is 15.1. The molecule has 0 saturated heterocycles. The topological polar surface area (TPSA) is 77.2 Å². The minimum absolute atomic E-state index is 0.185. The minimum Gasteiger partial charge on any atom is -0.359 e. The fourth-order valence-electron chi connectivity index (χ4n) is 2.06. The Hall–Kier alpha value is -2.34. The summed E-state index contributed by atoms with van der Waals surface area (Å²) in [5.41, 5.74) is 1.85. The molecule has 0 unspecified atom stereocenters. The summed E-state index contributed by atoms with van der Waals surface area (Å²) in [6.45, 7) is 3.18. The maximum atomic E-state index is 12.3. The summed E-state index contributed by atoms with van der Waals surface area (Å²) >= 11 is 0. The van der Waals surface area contributed by atoms with Crippen molar-refractivity contribution in [2.75, 3.05) is 32.5 Å². The molecule has 0 radical (unpaired) electrons. The lowest BCUT2D eigenvalue weighted by Gasteiger charge is -2.11. The Balaban J connectivity index is 2.14. The van der Waals surface area contributed by atoms with E-state index >= 15 is 0 Å². The number of carbonyl (C=O) groups excluding carboxylic acids is 1. The van der Waals surface area contributed by atoms with Crippen LogP contribution in [0.4, 0.5) is 10.5 Å². The van der Waals surface area contributed by atoms with Gasteiger partial charge in [-0.3, -0.25) is 4.79 Å². The van der Waals surface area contributed by atoms with Crippen LogP contribution in [0.15, 0.2) is 29.2 Å². The van der Waals surface area contributed by atoms with Crippen LogP contribution in [0.5, 0.6) is 0 Å². The number of likely N-dealkylation sites (N-methyl/N-ethyl adjacent to an activating group) is 1. The number of urea groups is 1. The van der Waals surface area contributed by atoms with E-state index in [4.69, 9.17) is 0 Å². The maximum Gasteiger partial charge on any atom is 0.319 e. The lowest BCUT2D eigenvalue weighted by Crippen LogP contribution is -2.35. The molecular weight excluding hydrogens is 268 g/mol. The van der Waals surface area contributed by atoms with Crippen LogP contribution in [0.1, 0.15) is 5.56 Å². The Bertz CT molecular complexity index is 706. The molecule has 2 rings (SSSR count). The predicted molar refractivity (Wildman–Crippen MR) is 84.9 cm³/mol. The van der Waals surface area contributed by atoms with Crippen LogP contribution in [0, 0.1) is 6.92 Å². The smallest absolute Gasteiger partial charge is 0.319 e. The first-order valence-electron chi connectivity index (χ1n) is 6.79. The first-order valence-corrected chi connectivity index (χ1v) is 6.79. The zero-order valence-electron chi connectivity index (χ0n) is 12.5. The van der Waals surface area contributed by atoms with E-state index < -0.39 is 0 Å². The molecular formula is C15H20N4O2. The minimum atomic E-state index is -0.380. The number of carbonyl (C=O) groups is 1. The second-order valence-electron chi connectivity index (χ2n) is 5.21. The molecule has 1 heterocycles. The molecule has 0 atom stereocenters. The normalized spacial score (nSPS) is 10.9. The van der Waals surface area contributed by atoms with E-state index in [0.29, 0.717) is 11.9 Å². The fraction of sp³-hybridized carbons (Fsp3) is 0.333. The molecule has 1 aromatic carbocycles. The molecule has 0 aliphatic carbocycles. The van der Waals surface area contributed by atoms with Crippen molar-refractivity contribution in [2.24, 2.45) is 0 Å². The van der Waals surface area contributed by atoms with Gasteiger partial charge in [-0.05, 0) is 32.6 Å². The van der Waals surface area contributed by atoms with Crippen molar-refractivity contribution in [3.05, 3.63) is 40.2 Å². The van der Waals surface area contributed by atoms with Gasteiger partial charge in [-0.25, -0.2) is 4.79 Å². The van der Waals surface area contributed by atoms with Crippen LogP contribution in [0.2, 0.25) is 0 Å². The van der Waals surface area contributed by atoms with Crippen molar-refractivity contribution in [1.29, 1.82) is 0 Å². The Morgan fingerprint density at radius 1 is 1.33 bits per heavy atom. The molecule has 0 aliphatic heterocycles. The zero-order chi connectivity index (χ0) is 15.4. The number of para-hydroxylation sites is 1. The van der Waals surface area contributed by atoms with Crippen LogP contribution >= 0.6 is 0 Å². The number of aryl methyl sites for hydroxylation is 1. The SMILES string of the molecule is Cc1cccc2c(=O)c(NC(=O)NCCN(C)C)c[nH]c12. The largest absolute Gasteiger partial charge is 0.359 e. The third-order valence-electron chi connectivity index (χ3n) is 3.22. The highest BCUT2D eigenvalue weighted by atomic mass is 16.2. The number of aromatic amines is 1. The van der Waals surface area contributed by atoms with E-state index in [1.165, 1.54) is 6.20 Å². The maximum absolute atomic E-state index is 12.3. The van der Waals surface area contributed by atoms with Crippen molar-refractivity contribution < 1.29 is 4.79 Å². The van der Waals surface area contributed by atoms with E-state index in [9.17, 15) is 9.59 Å². The van der Waals surface area contributed by atoms with Gasteiger partial charge in [0.2, 0.25) is 5.43 Å². The van der Waals surface area contributed by atoms with Crippen LogP contribution in [0.25, 0.3) is 10.9 Å². The highest BCUT2D eigenvalue weighted by Gasteiger charge is 2.09. The van der Waals surface area contributed by atoms with Crippen LogP contribution in [-0.2, 0) is 0 Å². The average molecular weight is 288 g/mol. The van der Waals surface area contributed by atoms with Crippen LogP contribution in [-0.4, -0.2) is 43.1 Å². The van der Waals surface area contributed by atoms with Gasteiger partial charge in [0.25, 0.3) is 0 Å². The molecule has 0 bridgehead atoms. The summed E-state index contributed by atoms with van der Waals surface area (Å²) in [5.74, 6) is 0. The highest BCUT2D eigenvalue weighted by Crippen LogP contribution is 2.14. The molecule has 112 valence electrons. The Kier molecular flexibility index (Phi) is 4.59. The summed E-state index contributed by atoms with van der Waals surface area (Å²) in [4.78, 5) is 29.1. The number of benzene rings is 1. The van der Waals surface area contributed by atoms with Crippen molar-refractivity contribution in [1.82, 2.24) is 15.2 Å². The number of amides is 2. The summed E-state index contributed by atoms with van der Waals surface area (Å²) < 4.78 is 0. The Labute approximate surface area is 123 Å². The van der Waals surface area contributed by atoms with Gasteiger partial charge >= 0.3 is 6.03 Å². The van der Waals surface area contributed by atoms with Crippen LogP contribution in [0.3, 0.4) is 0 Å². The van der Waals surface area contributed by atoms with E-state index in [2.05, 4.69) is 15.6 Å². The van der Waals surface area contributed by atoms with Crippen molar-refractivity contribution in [3.8, 4) is 0 Å². The summed E-state index contributed by atoms with van der Waals surface area (Å²) in [6, 6.07) is 5.12. The molecule has 2 aromatic rings. The molecule has 21 heavy (non-hydrogen) atoms. The molecule has 0 aliphatic rings. The quantitative estimate of drug-likeness (QED) is 0.798. The molecule has 2 amide bonds. The number of H-pyrrole nitrogens is 1.